The lowest BCUT2D eigenvalue weighted by molar-refractivity contribution is -0.274. The fraction of sp³-hybridized carbons (Fsp3) is 0.933. The molecule has 2 heteroatoms. The van der Waals surface area contributed by atoms with Crippen molar-refractivity contribution in [3.05, 3.63) is 0 Å². The minimum absolute atomic E-state index is 0.0247. The van der Waals surface area contributed by atoms with E-state index in [1.165, 1.54) is 6.42 Å². The molecule has 0 aromatic heterocycles. The van der Waals surface area contributed by atoms with E-state index in [1.54, 1.807) is 6.92 Å². The van der Waals surface area contributed by atoms with Crippen LogP contribution >= 0.6 is 0 Å². The van der Waals surface area contributed by atoms with Gasteiger partial charge in [0, 0.05) is 11.8 Å². The minimum Gasteiger partial charge on any atom is -0.369 e. The molecule has 0 aromatic carbocycles. The number of carbonyl (C=O) groups is 1. The predicted octanol–water partition coefficient (Wildman–Crippen LogP) is 3.87. The zero-order chi connectivity index (χ0) is 12.7. The molecule has 17 heavy (non-hydrogen) atoms. The molecule has 98 valence electrons. The summed E-state index contributed by atoms with van der Waals surface area (Å²) in [5.74, 6) is 0.396. The molecule has 0 bridgehead atoms. The van der Waals surface area contributed by atoms with Gasteiger partial charge in [-0.05, 0) is 52.9 Å². The lowest BCUT2D eigenvalue weighted by atomic mass is 9.61. The Morgan fingerprint density at radius 2 is 1.71 bits per heavy atom. The van der Waals surface area contributed by atoms with Crippen LogP contribution in [0, 0.1) is 5.41 Å². The summed E-state index contributed by atoms with van der Waals surface area (Å²) in [4.78, 5) is 11.9. The van der Waals surface area contributed by atoms with Gasteiger partial charge in [-0.1, -0.05) is 13.3 Å². The van der Waals surface area contributed by atoms with Crippen molar-refractivity contribution in [1.82, 2.24) is 0 Å². The molecule has 2 aliphatic rings. The highest BCUT2D eigenvalue weighted by atomic mass is 16.5. The largest absolute Gasteiger partial charge is 0.369 e. The molecule has 0 aromatic rings. The standard InChI is InChI=1S/C15H26O2/c1-5-6-14(12(2)16)7-9-15(10-8-14)11-13(3,4)17-15/h5-11H2,1-4H3. The fourth-order valence-electron chi connectivity index (χ4n) is 4.07. The van der Waals surface area contributed by atoms with Gasteiger partial charge >= 0.3 is 0 Å². The van der Waals surface area contributed by atoms with Gasteiger partial charge < -0.3 is 4.74 Å². The number of carbonyl (C=O) groups excluding carboxylic acids is 1. The van der Waals surface area contributed by atoms with Gasteiger partial charge in [-0.3, -0.25) is 4.79 Å². The average molecular weight is 238 g/mol. The third-order valence-electron chi connectivity index (χ3n) is 4.83. The summed E-state index contributed by atoms with van der Waals surface area (Å²) in [6.45, 7) is 8.28. The number of Topliss-reactive ketones (excluding diaryl/α,β-unsaturated/α-hetero) is 1. The van der Waals surface area contributed by atoms with Crippen molar-refractivity contribution >= 4 is 5.78 Å². The maximum Gasteiger partial charge on any atom is 0.135 e. The molecule has 0 unspecified atom stereocenters. The topological polar surface area (TPSA) is 26.3 Å². The van der Waals surface area contributed by atoms with Crippen molar-refractivity contribution in [1.29, 1.82) is 0 Å². The molecule has 0 amide bonds. The van der Waals surface area contributed by atoms with Crippen molar-refractivity contribution in [3.63, 3.8) is 0 Å². The van der Waals surface area contributed by atoms with Crippen LogP contribution < -0.4 is 0 Å². The van der Waals surface area contributed by atoms with Crippen molar-refractivity contribution in [2.75, 3.05) is 0 Å². The summed E-state index contributed by atoms with van der Waals surface area (Å²) in [5, 5.41) is 0. The molecule has 2 rings (SSSR count). The van der Waals surface area contributed by atoms with Crippen LogP contribution in [0.15, 0.2) is 0 Å². The number of hydrogen-bond acceptors (Lipinski definition) is 2. The Hall–Kier alpha value is -0.370. The van der Waals surface area contributed by atoms with Gasteiger partial charge in [0.05, 0.1) is 11.2 Å². The Labute approximate surface area is 105 Å². The van der Waals surface area contributed by atoms with Crippen molar-refractivity contribution < 1.29 is 9.53 Å². The van der Waals surface area contributed by atoms with Crippen LogP contribution in [-0.4, -0.2) is 17.0 Å². The minimum atomic E-state index is -0.0247. The van der Waals surface area contributed by atoms with Crippen LogP contribution in [0.1, 0.15) is 72.6 Å². The second kappa shape index (κ2) is 4.08. The molecule has 1 saturated carbocycles. The summed E-state index contributed by atoms with van der Waals surface area (Å²) in [6.07, 6.45) is 7.56. The molecule has 2 nitrogen and oxygen atoms in total. The van der Waals surface area contributed by atoms with Crippen LogP contribution in [0.2, 0.25) is 0 Å². The molecular formula is C15H26O2. The molecule has 0 N–H and O–H groups in total. The maximum absolute atomic E-state index is 11.9. The van der Waals surface area contributed by atoms with Gasteiger partial charge in [0.15, 0.2) is 0 Å². The van der Waals surface area contributed by atoms with Gasteiger partial charge in [0.1, 0.15) is 5.78 Å². The van der Waals surface area contributed by atoms with Crippen LogP contribution in [0.4, 0.5) is 0 Å². The monoisotopic (exact) mass is 238 g/mol. The Morgan fingerprint density at radius 3 is 2.06 bits per heavy atom. The summed E-state index contributed by atoms with van der Waals surface area (Å²) >= 11 is 0. The van der Waals surface area contributed by atoms with E-state index in [0.29, 0.717) is 5.78 Å². The zero-order valence-corrected chi connectivity index (χ0v) is 11.8. The Morgan fingerprint density at radius 1 is 1.18 bits per heavy atom. The molecule has 0 radical (unpaired) electrons. The third-order valence-corrected chi connectivity index (χ3v) is 4.83. The van der Waals surface area contributed by atoms with E-state index in [2.05, 4.69) is 20.8 Å². The lowest BCUT2D eigenvalue weighted by Crippen LogP contribution is -2.59. The summed E-state index contributed by atoms with van der Waals surface area (Å²) in [6, 6.07) is 0. The molecule has 2 fully saturated rings. The molecule has 1 saturated heterocycles. The first-order chi connectivity index (χ1) is 7.83. The van der Waals surface area contributed by atoms with Gasteiger partial charge in [0.25, 0.3) is 0 Å². The van der Waals surface area contributed by atoms with Crippen LogP contribution in [-0.2, 0) is 9.53 Å². The lowest BCUT2D eigenvalue weighted by Gasteiger charge is -2.57. The van der Waals surface area contributed by atoms with Gasteiger partial charge in [-0.2, -0.15) is 0 Å². The average Bonchev–Trinajstić information content (AvgIpc) is 2.19. The first-order valence-electron chi connectivity index (χ1n) is 7.04. The Kier molecular flexibility index (Phi) is 3.14. The highest BCUT2D eigenvalue weighted by molar-refractivity contribution is 5.82. The second-order valence-corrected chi connectivity index (χ2v) is 6.81. The molecule has 1 heterocycles. The zero-order valence-electron chi connectivity index (χ0n) is 11.8. The molecular weight excluding hydrogens is 212 g/mol. The van der Waals surface area contributed by atoms with E-state index in [4.69, 9.17) is 4.74 Å². The Balaban J connectivity index is 1.99. The third kappa shape index (κ3) is 2.29. The van der Waals surface area contributed by atoms with Crippen LogP contribution in [0.25, 0.3) is 0 Å². The quantitative estimate of drug-likeness (QED) is 0.746. The smallest absolute Gasteiger partial charge is 0.135 e. The van der Waals surface area contributed by atoms with E-state index < -0.39 is 0 Å². The highest BCUT2D eigenvalue weighted by Crippen LogP contribution is 2.54. The summed E-state index contributed by atoms with van der Waals surface area (Å²) in [7, 11) is 0. The first kappa shape index (κ1) is 13.1. The van der Waals surface area contributed by atoms with Crippen molar-refractivity contribution in [3.8, 4) is 0 Å². The van der Waals surface area contributed by atoms with Crippen LogP contribution in [0.5, 0.6) is 0 Å². The first-order valence-corrected chi connectivity index (χ1v) is 7.04. The predicted molar refractivity (Wildman–Crippen MR) is 69.0 cm³/mol. The normalized spacial score (nSPS) is 40.0. The molecule has 1 spiro atoms. The fourth-order valence-corrected chi connectivity index (χ4v) is 4.07. The van der Waals surface area contributed by atoms with Crippen molar-refractivity contribution in [2.45, 2.75) is 83.8 Å². The molecule has 0 atom stereocenters. The van der Waals surface area contributed by atoms with Gasteiger partial charge in [-0.15, -0.1) is 0 Å². The Bertz CT molecular complexity index is 299. The van der Waals surface area contributed by atoms with E-state index in [0.717, 1.165) is 38.5 Å². The van der Waals surface area contributed by atoms with E-state index in [1.807, 2.05) is 0 Å². The molecule has 1 aliphatic carbocycles. The maximum atomic E-state index is 11.9. The van der Waals surface area contributed by atoms with E-state index in [-0.39, 0.29) is 16.6 Å². The van der Waals surface area contributed by atoms with Crippen LogP contribution in [0.3, 0.4) is 0 Å². The number of hydrogen-bond donors (Lipinski definition) is 0. The van der Waals surface area contributed by atoms with E-state index >= 15 is 0 Å². The number of ketones is 1. The van der Waals surface area contributed by atoms with Crippen molar-refractivity contribution in [2.24, 2.45) is 5.41 Å². The summed E-state index contributed by atoms with van der Waals surface area (Å²) in [5.41, 5.74) is 0.167. The SMILES string of the molecule is CCCC1(C(C)=O)CCC2(CC1)CC(C)(C)O2. The molecule has 1 aliphatic heterocycles. The summed E-state index contributed by atoms with van der Waals surface area (Å²) < 4.78 is 6.09. The highest BCUT2D eigenvalue weighted by Gasteiger charge is 2.54. The number of rotatable bonds is 3. The van der Waals surface area contributed by atoms with E-state index in [9.17, 15) is 4.79 Å². The van der Waals surface area contributed by atoms with Gasteiger partial charge in [0.2, 0.25) is 0 Å². The second-order valence-electron chi connectivity index (χ2n) is 6.81. The number of ether oxygens (including phenoxy) is 1. The van der Waals surface area contributed by atoms with Gasteiger partial charge in [-0.25, -0.2) is 0 Å².